The van der Waals surface area contributed by atoms with Gasteiger partial charge in [0.25, 0.3) is 5.91 Å². The lowest BCUT2D eigenvalue weighted by Crippen LogP contribution is -2.33. The monoisotopic (exact) mass is 493 g/mol. The van der Waals surface area contributed by atoms with Crippen molar-refractivity contribution < 1.29 is 22.3 Å². The summed E-state index contributed by atoms with van der Waals surface area (Å²) in [6.07, 6.45) is 4.58. The molecule has 3 aromatic heterocycles. The fraction of sp³-hybridized carbons (Fsp3) is 0.208. The predicted octanol–water partition coefficient (Wildman–Crippen LogP) is 2.94. The van der Waals surface area contributed by atoms with E-state index in [1.807, 2.05) is 6.07 Å². The lowest BCUT2D eigenvalue weighted by Gasteiger charge is -2.25. The van der Waals surface area contributed by atoms with E-state index in [1.165, 1.54) is 24.4 Å². The molecule has 9 nitrogen and oxygen atoms in total. The number of ether oxygens (including phenoxy) is 1. The van der Waals surface area contributed by atoms with Gasteiger partial charge in [-0.25, -0.2) is 22.8 Å². The molecule has 0 aliphatic carbocycles. The van der Waals surface area contributed by atoms with Crippen molar-refractivity contribution in [3.8, 4) is 11.3 Å². The van der Waals surface area contributed by atoms with Crippen LogP contribution >= 0.6 is 0 Å². The first kappa shape index (κ1) is 21.7. The van der Waals surface area contributed by atoms with Crippen molar-refractivity contribution in [3.05, 3.63) is 71.9 Å². The first-order valence-corrected chi connectivity index (χ1v) is 12.6. The number of benzene rings is 1. The summed E-state index contributed by atoms with van der Waals surface area (Å²) < 4.78 is 45.5. The number of nitrogens with one attached hydrogen (secondary N) is 2. The van der Waals surface area contributed by atoms with Crippen LogP contribution in [-0.2, 0) is 21.1 Å². The summed E-state index contributed by atoms with van der Waals surface area (Å²) in [5.41, 5.74) is 3.82. The van der Waals surface area contributed by atoms with Crippen LogP contribution in [0, 0.1) is 11.7 Å². The third kappa shape index (κ3) is 3.82. The fourth-order valence-corrected chi connectivity index (χ4v) is 5.90. The van der Waals surface area contributed by atoms with Crippen molar-refractivity contribution in [2.45, 2.75) is 11.4 Å². The van der Waals surface area contributed by atoms with Crippen molar-refractivity contribution in [1.82, 2.24) is 19.7 Å². The van der Waals surface area contributed by atoms with Crippen LogP contribution in [0.25, 0.3) is 16.9 Å². The summed E-state index contributed by atoms with van der Waals surface area (Å²) in [4.78, 5) is 21.4. The molecule has 1 fully saturated rings. The molecule has 6 rings (SSSR count). The Hall–Kier alpha value is -3.83. The molecule has 2 N–H and O–H groups in total. The molecule has 35 heavy (non-hydrogen) atoms. The molecule has 0 bridgehead atoms. The number of anilines is 2. The molecule has 1 aromatic carbocycles. The third-order valence-electron chi connectivity index (χ3n) is 6.24. The zero-order valence-electron chi connectivity index (χ0n) is 18.4. The minimum absolute atomic E-state index is 0.0179. The first-order valence-electron chi connectivity index (χ1n) is 11.0. The highest BCUT2D eigenvalue weighted by Gasteiger charge is 2.28. The molecule has 0 atom stereocenters. The smallest absolute Gasteiger partial charge is 0.254 e. The van der Waals surface area contributed by atoms with Gasteiger partial charge in [0.1, 0.15) is 17.3 Å². The summed E-state index contributed by atoms with van der Waals surface area (Å²) in [6, 6.07) is 9.43. The minimum atomic E-state index is -3.45. The van der Waals surface area contributed by atoms with Crippen LogP contribution in [0.15, 0.2) is 59.9 Å². The zero-order valence-corrected chi connectivity index (χ0v) is 19.2. The van der Waals surface area contributed by atoms with E-state index in [1.54, 1.807) is 28.9 Å². The Bertz CT molecular complexity index is 1580. The van der Waals surface area contributed by atoms with Crippen LogP contribution < -0.4 is 10.6 Å². The SMILES string of the molecule is O=C1NCc2c(-c3cnc4cc(F)ccn34)ccc(Nc3ccc(S(=O)(=O)CC4COC4)cn3)c21. The van der Waals surface area contributed by atoms with Gasteiger partial charge in [-0.05, 0) is 29.8 Å². The number of aromatic nitrogens is 3. The Morgan fingerprint density at radius 1 is 1.14 bits per heavy atom. The Kier molecular flexibility index (Phi) is 5.04. The number of rotatable bonds is 6. The molecule has 2 aliphatic heterocycles. The lowest BCUT2D eigenvalue weighted by molar-refractivity contribution is -0.0204. The van der Waals surface area contributed by atoms with Crippen molar-refractivity contribution in [2.24, 2.45) is 5.92 Å². The van der Waals surface area contributed by atoms with E-state index in [0.717, 1.165) is 16.8 Å². The quantitative estimate of drug-likeness (QED) is 0.424. The number of sulfone groups is 1. The highest BCUT2D eigenvalue weighted by atomic mass is 32.2. The minimum Gasteiger partial charge on any atom is -0.381 e. The van der Waals surface area contributed by atoms with Gasteiger partial charge in [-0.15, -0.1) is 0 Å². The topological polar surface area (TPSA) is 115 Å². The first-order chi connectivity index (χ1) is 16.9. The van der Waals surface area contributed by atoms with Gasteiger partial charge in [-0.3, -0.25) is 9.20 Å². The van der Waals surface area contributed by atoms with Crippen LogP contribution in [-0.4, -0.2) is 47.7 Å². The van der Waals surface area contributed by atoms with E-state index in [0.29, 0.717) is 42.5 Å². The van der Waals surface area contributed by atoms with Crippen molar-refractivity contribution in [1.29, 1.82) is 0 Å². The standard InChI is InChI=1S/C24H20FN5O4S/c25-15-5-6-30-20(10-27-22(30)7-15)17-2-3-19(23-18(17)9-28-24(23)31)29-21-4-1-16(8-26-21)35(32,33)13-14-11-34-12-14/h1-8,10,14H,9,11-13H2,(H,26,29)(H,28,31). The number of carbonyl (C=O) groups is 1. The second-order valence-corrected chi connectivity index (χ2v) is 10.6. The lowest BCUT2D eigenvalue weighted by atomic mass is 9.99. The summed E-state index contributed by atoms with van der Waals surface area (Å²) >= 11 is 0. The van der Waals surface area contributed by atoms with Gasteiger partial charge in [0.05, 0.1) is 47.0 Å². The summed E-state index contributed by atoms with van der Waals surface area (Å²) in [7, 11) is -3.45. The number of fused-ring (bicyclic) bond motifs is 2. The summed E-state index contributed by atoms with van der Waals surface area (Å²) in [6.45, 7) is 1.26. The fourth-order valence-electron chi connectivity index (χ4n) is 4.41. The zero-order chi connectivity index (χ0) is 24.2. The molecular weight excluding hydrogens is 473 g/mol. The third-order valence-corrected chi connectivity index (χ3v) is 8.11. The van der Waals surface area contributed by atoms with Gasteiger partial charge in [-0.2, -0.15) is 0 Å². The highest BCUT2D eigenvalue weighted by molar-refractivity contribution is 7.91. The van der Waals surface area contributed by atoms with Gasteiger partial charge >= 0.3 is 0 Å². The molecule has 0 unspecified atom stereocenters. The van der Waals surface area contributed by atoms with Gasteiger partial charge in [0.2, 0.25) is 0 Å². The molecule has 2 aliphatic rings. The van der Waals surface area contributed by atoms with Crippen molar-refractivity contribution in [2.75, 3.05) is 24.3 Å². The van der Waals surface area contributed by atoms with Crippen LogP contribution in [0.3, 0.4) is 0 Å². The molecule has 1 saturated heterocycles. The predicted molar refractivity (Wildman–Crippen MR) is 126 cm³/mol. The van der Waals surface area contributed by atoms with E-state index < -0.39 is 9.84 Å². The van der Waals surface area contributed by atoms with Crippen LogP contribution in [0.1, 0.15) is 15.9 Å². The largest absolute Gasteiger partial charge is 0.381 e. The second-order valence-electron chi connectivity index (χ2n) is 8.60. The molecule has 5 heterocycles. The normalized spacial score (nSPS) is 15.6. The average Bonchev–Trinajstić information content (AvgIpc) is 3.41. The van der Waals surface area contributed by atoms with Crippen LogP contribution in [0.4, 0.5) is 15.9 Å². The van der Waals surface area contributed by atoms with Gasteiger partial charge in [0, 0.05) is 36.5 Å². The molecule has 1 amide bonds. The molecule has 4 aromatic rings. The van der Waals surface area contributed by atoms with Crippen LogP contribution in [0.5, 0.6) is 0 Å². The Morgan fingerprint density at radius 3 is 2.74 bits per heavy atom. The van der Waals surface area contributed by atoms with Gasteiger partial charge in [-0.1, -0.05) is 6.07 Å². The molecular formula is C24H20FN5O4S. The Balaban J connectivity index is 1.31. The van der Waals surface area contributed by atoms with Gasteiger partial charge < -0.3 is 15.4 Å². The Morgan fingerprint density at radius 2 is 2.00 bits per heavy atom. The number of pyridine rings is 2. The number of amides is 1. The number of hydrogen-bond acceptors (Lipinski definition) is 7. The molecule has 0 spiro atoms. The van der Waals surface area contributed by atoms with Gasteiger partial charge in [0.15, 0.2) is 9.84 Å². The number of nitrogens with zero attached hydrogens (tertiary/aromatic N) is 3. The maximum absolute atomic E-state index is 13.6. The maximum Gasteiger partial charge on any atom is 0.254 e. The van der Waals surface area contributed by atoms with E-state index in [9.17, 15) is 17.6 Å². The second kappa shape index (κ2) is 8.14. The number of halogens is 1. The summed E-state index contributed by atoms with van der Waals surface area (Å²) in [5, 5.41) is 5.99. The molecule has 11 heteroatoms. The van der Waals surface area contributed by atoms with E-state index in [-0.39, 0.29) is 28.3 Å². The average molecular weight is 494 g/mol. The summed E-state index contributed by atoms with van der Waals surface area (Å²) in [5.74, 6) is -0.141. The van der Waals surface area contributed by atoms with Crippen molar-refractivity contribution >= 4 is 32.9 Å². The van der Waals surface area contributed by atoms with Crippen LogP contribution in [0.2, 0.25) is 0 Å². The maximum atomic E-state index is 13.6. The highest BCUT2D eigenvalue weighted by Crippen LogP contribution is 2.35. The molecule has 178 valence electrons. The van der Waals surface area contributed by atoms with E-state index in [2.05, 4.69) is 20.6 Å². The number of hydrogen-bond donors (Lipinski definition) is 2. The van der Waals surface area contributed by atoms with E-state index >= 15 is 0 Å². The Labute approximate surface area is 199 Å². The number of carbonyl (C=O) groups excluding carboxylic acids is 1. The molecule has 0 saturated carbocycles. The number of imidazole rings is 1. The molecule has 0 radical (unpaired) electrons. The van der Waals surface area contributed by atoms with E-state index in [4.69, 9.17) is 4.74 Å². The van der Waals surface area contributed by atoms with Crippen molar-refractivity contribution in [3.63, 3.8) is 0 Å².